The van der Waals surface area contributed by atoms with Crippen LogP contribution in [0.5, 0.6) is 0 Å². The number of nitrogens with zero attached hydrogens (tertiary/aromatic N) is 1. The molecule has 0 aliphatic rings. The monoisotopic (exact) mass is 321 g/mol. The number of rotatable bonds is 11. The molecule has 2 nitrogen and oxygen atoms in total. The molecule has 4 atom stereocenters. The summed E-state index contributed by atoms with van der Waals surface area (Å²) >= 11 is 6.56. The van der Waals surface area contributed by atoms with Gasteiger partial charge in [-0.05, 0) is 62.2 Å². The summed E-state index contributed by atoms with van der Waals surface area (Å²) in [5, 5.41) is 2.62. The molecule has 0 N–H and O–H groups in total. The largest absolute Gasteiger partial charge is 0.302 e. The van der Waals surface area contributed by atoms with Crippen molar-refractivity contribution >= 4 is 24.4 Å². The van der Waals surface area contributed by atoms with Gasteiger partial charge in [0.05, 0.1) is 7.11 Å². The third-order valence-electron chi connectivity index (χ3n) is 3.45. The second-order valence-corrected chi connectivity index (χ2v) is 8.51. The van der Waals surface area contributed by atoms with E-state index in [9.17, 15) is 0 Å². The SMILES string of the molecule is CON(C(C)C)C(C)CC(C)CSCC(C)CC(C)S. The predicted octanol–water partition coefficient (Wildman–Crippen LogP) is 4.75. The van der Waals surface area contributed by atoms with E-state index in [1.807, 2.05) is 0 Å². The molecule has 0 saturated heterocycles. The van der Waals surface area contributed by atoms with E-state index in [0.29, 0.717) is 17.3 Å². The second kappa shape index (κ2) is 11.2. The van der Waals surface area contributed by atoms with Crippen LogP contribution < -0.4 is 0 Å². The topological polar surface area (TPSA) is 12.5 Å². The van der Waals surface area contributed by atoms with Gasteiger partial charge in [-0.3, -0.25) is 0 Å². The van der Waals surface area contributed by atoms with Gasteiger partial charge in [-0.2, -0.15) is 29.5 Å². The average molecular weight is 322 g/mol. The molecule has 0 aliphatic carbocycles. The predicted molar refractivity (Wildman–Crippen MR) is 96.8 cm³/mol. The Hall–Kier alpha value is 0.620. The molecular weight excluding hydrogens is 286 g/mol. The first-order valence-electron chi connectivity index (χ1n) is 7.86. The lowest BCUT2D eigenvalue weighted by Gasteiger charge is -2.31. The summed E-state index contributed by atoms with van der Waals surface area (Å²) in [5.74, 6) is 3.99. The standard InChI is InChI=1S/C16H35NOS2/c1-12(2)17(18-7)15(5)8-13(3)10-20-11-14(4)9-16(6)19/h12-16,19H,8-11H2,1-7H3. The molecule has 0 heterocycles. The minimum absolute atomic E-state index is 0.437. The molecular formula is C16H35NOS2. The fourth-order valence-corrected chi connectivity index (χ4v) is 4.35. The molecule has 0 amide bonds. The fourth-order valence-electron chi connectivity index (χ4n) is 2.77. The molecule has 0 saturated carbocycles. The van der Waals surface area contributed by atoms with Crippen LogP contribution in [0.3, 0.4) is 0 Å². The van der Waals surface area contributed by atoms with Crippen LogP contribution in [-0.4, -0.2) is 41.0 Å². The van der Waals surface area contributed by atoms with E-state index >= 15 is 0 Å². The first-order valence-corrected chi connectivity index (χ1v) is 9.53. The van der Waals surface area contributed by atoms with Crippen molar-refractivity contribution in [1.29, 1.82) is 0 Å². The highest BCUT2D eigenvalue weighted by Crippen LogP contribution is 2.21. The highest BCUT2D eigenvalue weighted by molar-refractivity contribution is 7.99. The lowest BCUT2D eigenvalue weighted by molar-refractivity contribution is -0.182. The highest BCUT2D eigenvalue weighted by Gasteiger charge is 2.19. The van der Waals surface area contributed by atoms with Crippen LogP contribution in [0.4, 0.5) is 0 Å². The molecule has 4 heteroatoms. The van der Waals surface area contributed by atoms with E-state index in [4.69, 9.17) is 4.84 Å². The summed E-state index contributed by atoms with van der Waals surface area (Å²) < 4.78 is 0. The van der Waals surface area contributed by atoms with E-state index in [1.54, 1.807) is 7.11 Å². The summed E-state index contributed by atoms with van der Waals surface area (Å²) in [6, 6.07) is 0.914. The third kappa shape index (κ3) is 9.54. The van der Waals surface area contributed by atoms with E-state index in [2.05, 4.69) is 71.0 Å². The second-order valence-electron chi connectivity index (χ2n) is 6.55. The van der Waals surface area contributed by atoms with Crippen molar-refractivity contribution in [2.24, 2.45) is 11.8 Å². The molecule has 0 fully saturated rings. The van der Waals surface area contributed by atoms with Crippen LogP contribution in [0.2, 0.25) is 0 Å². The van der Waals surface area contributed by atoms with Gasteiger partial charge in [-0.1, -0.05) is 20.8 Å². The quantitative estimate of drug-likeness (QED) is 0.436. The van der Waals surface area contributed by atoms with Gasteiger partial charge in [0.1, 0.15) is 0 Å². The molecule has 0 bridgehead atoms. The van der Waals surface area contributed by atoms with Gasteiger partial charge in [0.15, 0.2) is 0 Å². The number of hydrogen-bond acceptors (Lipinski definition) is 4. The zero-order valence-electron chi connectivity index (χ0n) is 14.4. The summed E-state index contributed by atoms with van der Waals surface area (Å²) in [6.45, 7) is 13.5. The van der Waals surface area contributed by atoms with Gasteiger partial charge in [0.25, 0.3) is 0 Å². The molecule has 20 heavy (non-hydrogen) atoms. The van der Waals surface area contributed by atoms with Crippen LogP contribution >= 0.6 is 24.4 Å². The van der Waals surface area contributed by atoms with Crippen molar-refractivity contribution in [2.75, 3.05) is 18.6 Å². The number of thiol groups is 1. The lowest BCUT2D eigenvalue weighted by Crippen LogP contribution is -2.38. The molecule has 122 valence electrons. The van der Waals surface area contributed by atoms with Crippen molar-refractivity contribution in [3.05, 3.63) is 0 Å². The molecule has 0 aromatic rings. The Bertz CT molecular complexity index is 237. The van der Waals surface area contributed by atoms with Crippen LogP contribution in [0.1, 0.15) is 54.4 Å². The summed E-state index contributed by atoms with van der Waals surface area (Å²) in [6.07, 6.45) is 2.40. The van der Waals surface area contributed by atoms with Crippen LogP contribution in [0.25, 0.3) is 0 Å². The van der Waals surface area contributed by atoms with Gasteiger partial charge in [-0.25, -0.2) is 0 Å². The van der Waals surface area contributed by atoms with E-state index in [-0.39, 0.29) is 0 Å². The number of hydroxylamine groups is 2. The summed E-state index contributed by atoms with van der Waals surface area (Å²) in [4.78, 5) is 5.48. The highest BCUT2D eigenvalue weighted by atomic mass is 32.2. The van der Waals surface area contributed by atoms with Crippen molar-refractivity contribution < 1.29 is 4.84 Å². The maximum atomic E-state index is 5.48. The summed E-state index contributed by atoms with van der Waals surface area (Å²) in [5.41, 5.74) is 0. The number of thioether (sulfide) groups is 1. The van der Waals surface area contributed by atoms with Crippen LogP contribution in [0.15, 0.2) is 0 Å². The summed E-state index contributed by atoms with van der Waals surface area (Å²) in [7, 11) is 1.77. The Kier molecular flexibility index (Phi) is 11.6. The van der Waals surface area contributed by atoms with Gasteiger partial charge in [-0.15, -0.1) is 0 Å². The Morgan fingerprint density at radius 2 is 1.45 bits per heavy atom. The van der Waals surface area contributed by atoms with Crippen molar-refractivity contribution in [3.63, 3.8) is 0 Å². The van der Waals surface area contributed by atoms with Gasteiger partial charge < -0.3 is 4.84 Å². The Morgan fingerprint density at radius 3 is 1.85 bits per heavy atom. The molecule has 0 aliphatic heterocycles. The zero-order chi connectivity index (χ0) is 15.7. The van der Waals surface area contributed by atoms with Gasteiger partial charge in [0.2, 0.25) is 0 Å². The number of hydrogen-bond donors (Lipinski definition) is 1. The Labute approximate surface area is 136 Å². The third-order valence-corrected chi connectivity index (χ3v) is 5.27. The van der Waals surface area contributed by atoms with Crippen molar-refractivity contribution in [3.8, 4) is 0 Å². The first-order chi connectivity index (χ1) is 9.27. The maximum absolute atomic E-state index is 5.48. The zero-order valence-corrected chi connectivity index (χ0v) is 16.1. The molecule has 0 rings (SSSR count). The van der Waals surface area contributed by atoms with Crippen LogP contribution in [0, 0.1) is 11.8 Å². The normalized spacial score (nSPS) is 18.3. The molecule has 0 radical (unpaired) electrons. The van der Waals surface area contributed by atoms with Gasteiger partial charge >= 0.3 is 0 Å². The molecule has 4 unspecified atom stereocenters. The van der Waals surface area contributed by atoms with Crippen molar-refractivity contribution in [2.45, 2.75) is 71.7 Å². The lowest BCUT2D eigenvalue weighted by atomic mass is 10.0. The first kappa shape index (κ1) is 20.6. The average Bonchev–Trinajstić information content (AvgIpc) is 2.27. The smallest absolute Gasteiger partial charge is 0.0575 e. The maximum Gasteiger partial charge on any atom is 0.0575 e. The van der Waals surface area contributed by atoms with Gasteiger partial charge in [0, 0.05) is 12.1 Å². The van der Waals surface area contributed by atoms with Crippen molar-refractivity contribution in [1.82, 2.24) is 5.06 Å². The van der Waals surface area contributed by atoms with E-state index < -0.39 is 0 Å². The Morgan fingerprint density at radius 1 is 0.950 bits per heavy atom. The van der Waals surface area contributed by atoms with E-state index in [0.717, 1.165) is 11.8 Å². The minimum atomic E-state index is 0.437. The molecule has 0 aromatic carbocycles. The van der Waals surface area contributed by atoms with E-state index in [1.165, 1.54) is 24.3 Å². The van der Waals surface area contributed by atoms with Crippen LogP contribution in [-0.2, 0) is 4.84 Å². The Balaban J connectivity index is 3.90. The molecule has 0 aromatic heterocycles. The fraction of sp³-hybridized carbons (Fsp3) is 1.00. The molecule has 0 spiro atoms. The minimum Gasteiger partial charge on any atom is -0.302 e.